The molecule has 2 aliphatic heterocycles. The number of carbonyl (C=O) groups excluding carboxylic acids is 2. The van der Waals surface area contributed by atoms with Crippen LogP contribution >= 0.6 is 0 Å². The fourth-order valence-electron chi connectivity index (χ4n) is 3.86. The lowest BCUT2D eigenvalue weighted by Crippen LogP contribution is -2.48. The minimum absolute atomic E-state index is 0.0988. The van der Waals surface area contributed by atoms with Gasteiger partial charge in [0.1, 0.15) is 0 Å². The lowest BCUT2D eigenvalue weighted by molar-refractivity contribution is -0.129. The minimum Gasteiger partial charge on any atom is -0.352 e. The summed E-state index contributed by atoms with van der Waals surface area (Å²) >= 11 is 0. The van der Waals surface area contributed by atoms with Crippen molar-refractivity contribution in [1.29, 1.82) is 0 Å². The molecule has 1 aromatic carbocycles. The number of hydrogen-bond acceptors (Lipinski definition) is 5. The van der Waals surface area contributed by atoms with Crippen LogP contribution in [0.25, 0.3) is 0 Å². The van der Waals surface area contributed by atoms with Gasteiger partial charge in [-0.3, -0.25) is 9.59 Å². The number of anilines is 2. The number of fused-ring (bicyclic) bond motifs is 1. The van der Waals surface area contributed by atoms with Crippen molar-refractivity contribution >= 4 is 23.3 Å². The van der Waals surface area contributed by atoms with Gasteiger partial charge in [0.2, 0.25) is 5.91 Å². The first-order valence-electron chi connectivity index (χ1n) is 9.30. The van der Waals surface area contributed by atoms with Crippen LogP contribution in [0.3, 0.4) is 0 Å². The maximum atomic E-state index is 13.0. The summed E-state index contributed by atoms with van der Waals surface area (Å²) in [7, 11) is 0. The van der Waals surface area contributed by atoms with Crippen molar-refractivity contribution in [2.75, 3.05) is 36.0 Å². The number of hydrogen-bond donors (Lipinski definition) is 0. The van der Waals surface area contributed by atoms with E-state index in [9.17, 15) is 9.59 Å². The molecule has 2 aliphatic rings. The molecule has 1 saturated heterocycles. The summed E-state index contributed by atoms with van der Waals surface area (Å²) in [6, 6.07) is 11.7. The highest BCUT2D eigenvalue weighted by atomic mass is 16.2. The Balaban J connectivity index is 1.48. The normalized spacial score (nSPS) is 19.2. The Bertz CT molecular complexity index is 859. The van der Waals surface area contributed by atoms with Crippen LogP contribution in [0.15, 0.2) is 36.4 Å². The van der Waals surface area contributed by atoms with E-state index in [0.29, 0.717) is 18.8 Å². The Kier molecular flexibility index (Phi) is 4.51. The third-order valence-electron chi connectivity index (χ3n) is 5.34. The average molecular weight is 365 g/mol. The smallest absolute Gasteiger partial charge is 0.279 e. The van der Waals surface area contributed by atoms with Gasteiger partial charge in [-0.2, -0.15) is 0 Å². The Morgan fingerprint density at radius 1 is 1.00 bits per heavy atom. The first-order valence-corrected chi connectivity index (χ1v) is 9.30. The number of nitrogens with zero attached hydrogens (tertiary/aromatic N) is 5. The van der Waals surface area contributed by atoms with E-state index in [1.165, 1.54) is 5.56 Å². The van der Waals surface area contributed by atoms with Crippen LogP contribution in [0.1, 0.15) is 29.9 Å². The standard InChI is InChI=1S/C20H23N5O2/c1-14-13-16-5-3-4-6-18(16)25(14)20(27)17-7-8-19(22-21-17)24-11-9-23(10-12-24)15(2)26/h3-8,14H,9-13H2,1-2H3. The summed E-state index contributed by atoms with van der Waals surface area (Å²) in [6.07, 6.45) is 0.855. The van der Waals surface area contributed by atoms with Crippen molar-refractivity contribution in [2.45, 2.75) is 26.3 Å². The fraction of sp³-hybridized carbons (Fsp3) is 0.400. The van der Waals surface area contributed by atoms with E-state index in [1.807, 2.05) is 41.0 Å². The summed E-state index contributed by atoms with van der Waals surface area (Å²) < 4.78 is 0. The van der Waals surface area contributed by atoms with Gasteiger partial charge in [0, 0.05) is 44.8 Å². The molecular formula is C20H23N5O2. The highest BCUT2D eigenvalue weighted by molar-refractivity contribution is 6.06. The molecule has 4 rings (SSSR count). The van der Waals surface area contributed by atoms with Crippen LogP contribution in [0.5, 0.6) is 0 Å². The zero-order chi connectivity index (χ0) is 19.0. The van der Waals surface area contributed by atoms with Gasteiger partial charge in [-0.15, -0.1) is 10.2 Å². The SMILES string of the molecule is CC(=O)N1CCN(c2ccc(C(=O)N3c4ccccc4CC3C)nn2)CC1. The van der Waals surface area contributed by atoms with Gasteiger partial charge in [0.25, 0.3) is 5.91 Å². The van der Waals surface area contributed by atoms with Gasteiger partial charge in [-0.1, -0.05) is 18.2 Å². The van der Waals surface area contributed by atoms with E-state index < -0.39 is 0 Å². The Labute approximate surface area is 158 Å². The van der Waals surface area contributed by atoms with E-state index >= 15 is 0 Å². The van der Waals surface area contributed by atoms with Gasteiger partial charge in [0.05, 0.1) is 0 Å². The molecule has 0 saturated carbocycles. The molecule has 1 atom stereocenters. The van der Waals surface area contributed by atoms with Crippen molar-refractivity contribution in [3.8, 4) is 0 Å². The average Bonchev–Trinajstić information content (AvgIpc) is 3.03. The second-order valence-electron chi connectivity index (χ2n) is 7.13. The number of rotatable bonds is 2. The van der Waals surface area contributed by atoms with Crippen LogP contribution in [0, 0.1) is 0 Å². The number of piperazine rings is 1. The van der Waals surface area contributed by atoms with Crippen LogP contribution in [0.2, 0.25) is 0 Å². The van der Waals surface area contributed by atoms with Crippen molar-refractivity contribution in [1.82, 2.24) is 15.1 Å². The fourth-order valence-corrected chi connectivity index (χ4v) is 3.86. The van der Waals surface area contributed by atoms with Gasteiger partial charge >= 0.3 is 0 Å². The minimum atomic E-state index is -0.118. The molecule has 7 nitrogen and oxygen atoms in total. The molecule has 27 heavy (non-hydrogen) atoms. The molecule has 2 aromatic rings. The lowest BCUT2D eigenvalue weighted by atomic mass is 10.1. The maximum Gasteiger partial charge on any atom is 0.279 e. The first-order chi connectivity index (χ1) is 13.0. The van der Waals surface area contributed by atoms with Gasteiger partial charge < -0.3 is 14.7 Å². The van der Waals surface area contributed by atoms with E-state index in [0.717, 1.165) is 31.0 Å². The van der Waals surface area contributed by atoms with Crippen LogP contribution in [-0.4, -0.2) is 59.1 Å². The van der Waals surface area contributed by atoms with Crippen molar-refractivity contribution in [3.63, 3.8) is 0 Å². The van der Waals surface area contributed by atoms with Gasteiger partial charge in [0.15, 0.2) is 11.5 Å². The molecule has 1 fully saturated rings. The topological polar surface area (TPSA) is 69.6 Å². The molecule has 1 unspecified atom stereocenters. The number of amides is 2. The lowest BCUT2D eigenvalue weighted by Gasteiger charge is -2.34. The number of carbonyl (C=O) groups is 2. The summed E-state index contributed by atoms with van der Waals surface area (Å²) in [6.45, 7) is 6.44. The number of benzene rings is 1. The van der Waals surface area contributed by atoms with Crippen LogP contribution < -0.4 is 9.80 Å². The van der Waals surface area contributed by atoms with E-state index in [-0.39, 0.29) is 17.9 Å². The van der Waals surface area contributed by atoms with Gasteiger partial charge in [-0.05, 0) is 37.1 Å². The summed E-state index contributed by atoms with van der Waals surface area (Å²) in [4.78, 5) is 30.2. The molecule has 0 aliphatic carbocycles. The van der Waals surface area contributed by atoms with Crippen LogP contribution in [-0.2, 0) is 11.2 Å². The van der Waals surface area contributed by atoms with E-state index in [1.54, 1.807) is 13.0 Å². The molecule has 7 heteroatoms. The first kappa shape index (κ1) is 17.5. The van der Waals surface area contributed by atoms with E-state index in [4.69, 9.17) is 0 Å². The maximum absolute atomic E-state index is 13.0. The summed E-state index contributed by atoms with van der Waals surface area (Å²) in [5.41, 5.74) is 2.50. The third kappa shape index (κ3) is 3.25. The predicted octanol–water partition coefficient (Wildman–Crippen LogP) is 1.74. The highest BCUT2D eigenvalue weighted by Gasteiger charge is 2.32. The summed E-state index contributed by atoms with van der Waals surface area (Å²) in [5.74, 6) is 0.721. The predicted molar refractivity (Wildman–Crippen MR) is 103 cm³/mol. The number of para-hydroxylation sites is 1. The highest BCUT2D eigenvalue weighted by Crippen LogP contribution is 2.32. The Morgan fingerprint density at radius 3 is 2.41 bits per heavy atom. The molecule has 1 aromatic heterocycles. The zero-order valence-corrected chi connectivity index (χ0v) is 15.6. The molecule has 140 valence electrons. The number of aromatic nitrogens is 2. The molecule has 0 bridgehead atoms. The Morgan fingerprint density at radius 2 is 1.74 bits per heavy atom. The second-order valence-corrected chi connectivity index (χ2v) is 7.13. The van der Waals surface area contributed by atoms with Crippen molar-refractivity contribution in [3.05, 3.63) is 47.7 Å². The molecule has 0 radical (unpaired) electrons. The van der Waals surface area contributed by atoms with Gasteiger partial charge in [-0.25, -0.2) is 0 Å². The quantitative estimate of drug-likeness (QED) is 0.811. The molecule has 0 N–H and O–H groups in total. The zero-order valence-electron chi connectivity index (χ0n) is 15.6. The largest absolute Gasteiger partial charge is 0.352 e. The van der Waals surface area contributed by atoms with Crippen molar-refractivity contribution in [2.24, 2.45) is 0 Å². The second kappa shape index (κ2) is 6.98. The molecule has 0 spiro atoms. The van der Waals surface area contributed by atoms with Crippen LogP contribution in [0.4, 0.5) is 11.5 Å². The third-order valence-corrected chi connectivity index (χ3v) is 5.34. The van der Waals surface area contributed by atoms with E-state index in [2.05, 4.69) is 21.2 Å². The molecule has 2 amide bonds. The molecular weight excluding hydrogens is 342 g/mol. The monoisotopic (exact) mass is 365 g/mol. The molecule has 3 heterocycles. The summed E-state index contributed by atoms with van der Waals surface area (Å²) in [5, 5.41) is 8.47. The Hall–Kier alpha value is -2.96. The van der Waals surface area contributed by atoms with Crippen molar-refractivity contribution < 1.29 is 9.59 Å².